The van der Waals surface area contributed by atoms with Gasteiger partial charge in [-0.1, -0.05) is 12.8 Å². The molecule has 1 aromatic rings. The van der Waals surface area contributed by atoms with Gasteiger partial charge in [0, 0.05) is 13.1 Å². The number of sulfonamides is 1. The first kappa shape index (κ1) is 22.2. The molecule has 1 fully saturated rings. The number of benzene rings is 1. The monoisotopic (exact) mass is 413 g/mol. The Labute approximate surface area is 165 Å². The Kier molecular flexibility index (Phi) is 7.82. The van der Waals surface area contributed by atoms with E-state index in [4.69, 9.17) is 14.2 Å². The first-order valence-corrected chi connectivity index (χ1v) is 10.7. The minimum absolute atomic E-state index is 0.0199. The lowest BCUT2D eigenvalue weighted by molar-refractivity contribution is -0.150. The number of carbonyl (C=O) groups excluding carboxylic acids is 2. The van der Waals surface area contributed by atoms with E-state index in [2.05, 4.69) is 0 Å². The second-order valence-corrected chi connectivity index (χ2v) is 8.71. The molecule has 1 saturated heterocycles. The molecule has 0 saturated carbocycles. The summed E-state index contributed by atoms with van der Waals surface area (Å²) in [5.41, 5.74) is 0.0199. The van der Waals surface area contributed by atoms with Crippen LogP contribution in [0.3, 0.4) is 0 Å². The Morgan fingerprint density at radius 2 is 1.75 bits per heavy atom. The standard InChI is InChI=1S/C19H27NO7S/c1-14(2)27-18(21)13-26-19(22)15-8-9-16(25-3)17(12-15)28(23,24)20-10-6-4-5-7-11-20/h8-9,12,14H,4-7,10-11,13H2,1-3H3. The molecule has 0 amide bonds. The fraction of sp³-hybridized carbons (Fsp3) is 0.579. The van der Waals surface area contributed by atoms with Crippen LogP contribution in [0.4, 0.5) is 0 Å². The lowest BCUT2D eigenvalue weighted by Crippen LogP contribution is -2.32. The van der Waals surface area contributed by atoms with E-state index in [0.29, 0.717) is 13.1 Å². The average molecular weight is 413 g/mol. The van der Waals surface area contributed by atoms with E-state index >= 15 is 0 Å². The maximum atomic E-state index is 13.1. The summed E-state index contributed by atoms with van der Waals surface area (Å²) in [5, 5.41) is 0. The van der Waals surface area contributed by atoms with Crippen LogP contribution in [0.15, 0.2) is 23.1 Å². The molecule has 0 radical (unpaired) electrons. The van der Waals surface area contributed by atoms with Crippen molar-refractivity contribution in [1.82, 2.24) is 4.31 Å². The molecule has 0 spiro atoms. The highest BCUT2D eigenvalue weighted by Crippen LogP contribution is 2.29. The van der Waals surface area contributed by atoms with Gasteiger partial charge in [-0.05, 0) is 44.9 Å². The van der Waals surface area contributed by atoms with Crippen molar-refractivity contribution in [2.24, 2.45) is 0 Å². The summed E-state index contributed by atoms with van der Waals surface area (Å²) in [5.74, 6) is -1.33. The van der Waals surface area contributed by atoms with Crippen LogP contribution in [-0.2, 0) is 24.3 Å². The number of hydrogen-bond donors (Lipinski definition) is 0. The molecule has 0 atom stereocenters. The zero-order valence-corrected chi connectivity index (χ0v) is 17.3. The summed E-state index contributed by atoms with van der Waals surface area (Å²) in [6.45, 7) is 3.69. The maximum Gasteiger partial charge on any atom is 0.344 e. The summed E-state index contributed by atoms with van der Waals surface area (Å²) in [4.78, 5) is 23.7. The van der Waals surface area contributed by atoms with Crippen LogP contribution in [0.5, 0.6) is 5.75 Å². The van der Waals surface area contributed by atoms with E-state index in [-0.39, 0.29) is 22.3 Å². The number of hydrogen-bond acceptors (Lipinski definition) is 7. The molecule has 1 aliphatic rings. The smallest absolute Gasteiger partial charge is 0.344 e. The van der Waals surface area contributed by atoms with Gasteiger partial charge < -0.3 is 14.2 Å². The third-order valence-corrected chi connectivity index (χ3v) is 6.19. The SMILES string of the molecule is COc1ccc(C(=O)OCC(=O)OC(C)C)cc1S(=O)(=O)N1CCCCCC1. The Bertz CT molecular complexity index is 797. The van der Waals surface area contributed by atoms with Gasteiger partial charge >= 0.3 is 11.9 Å². The molecule has 0 unspecified atom stereocenters. The van der Waals surface area contributed by atoms with Crippen LogP contribution in [0.25, 0.3) is 0 Å². The molecule has 1 aromatic carbocycles. The quantitative estimate of drug-likeness (QED) is 0.633. The van der Waals surface area contributed by atoms with Crippen LogP contribution in [0.1, 0.15) is 49.9 Å². The van der Waals surface area contributed by atoms with E-state index in [1.165, 1.54) is 29.6 Å². The Balaban J connectivity index is 2.23. The predicted molar refractivity (Wildman–Crippen MR) is 102 cm³/mol. The van der Waals surface area contributed by atoms with E-state index < -0.39 is 28.6 Å². The van der Waals surface area contributed by atoms with Crippen LogP contribution in [0, 0.1) is 0 Å². The van der Waals surface area contributed by atoms with Gasteiger partial charge in [0.15, 0.2) is 6.61 Å². The molecule has 1 aliphatic heterocycles. The number of esters is 2. The summed E-state index contributed by atoms with van der Waals surface area (Å²) >= 11 is 0. The average Bonchev–Trinajstić information content (AvgIpc) is 2.95. The maximum absolute atomic E-state index is 13.1. The third-order valence-electron chi connectivity index (χ3n) is 4.27. The lowest BCUT2D eigenvalue weighted by atomic mass is 10.2. The fourth-order valence-corrected chi connectivity index (χ4v) is 4.63. The van der Waals surface area contributed by atoms with Gasteiger partial charge in [0.05, 0.1) is 18.8 Å². The summed E-state index contributed by atoms with van der Waals surface area (Å²) in [6.07, 6.45) is 3.24. The number of methoxy groups -OCH3 is 1. The van der Waals surface area contributed by atoms with E-state index in [0.717, 1.165) is 25.7 Å². The molecule has 0 N–H and O–H groups in total. The van der Waals surface area contributed by atoms with Crippen molar-refractivity contribution in [2.75, 3.05) is 26.8 Å². The molecule has 9 heteroatoms. The van der Waals surface area contributed by atoms with E-state index in [9.17, 15) is 18.0 Å². The summed E-state index contributed by atoms with van der Waals surface area (Å²) in [7, 11) is -2.45. The van der Waals surface area contributed by atoms with Gasteiger partial charge in [-0.25, -0.2) is 18.0 Å². The van der Waals surface area contributed by atoms with Crippen molar-refractivity contribution in [2.45, 2.75) is 50.5 Å². The van der Waals surface area contributed by atoms with E-state index in [1.54, 1.807) is 13.8 Å². The first-order valence-electron chi connectivity index (χ1n) is 9.30. The molecule has 0 bridgehead atoms. The molecule has 28 heavy (non-hydrogen) atoms. The van der Waals surface area contributed by atoms with Gasteiger partial charge in [-0.2, -0.15) is 4.31 Å². The number of nitrogens with zero attached hydrogens (tertiary/aromatic N) is 1. The van der Waals surface area contributed by atoms with Gasteiger partial charge in [-0.3, -0.25) is 0 Å². The lowest BCUT2D eigenvalue weighted by Gasteiger charge is -2.21. The van der Waals surface area contributed by atoms with Crippen LogP contribution < -0.4 is 4.74 Å². The van der Waals surface area contributed by atoms with Crippen molar-refractivity contribution < 1.29 is 32.2 Å². The highest BCUT2D eigenvalue weighted by atomic mass is 32.2. The minimum atomic E-state index is -3.82. The van der Waals surface area contributed by atoms with Gasteiger partial charge in [-0.15, -0.1) is 0 Å². The van der Waals surface area contributed by atoms with Crippen LogP contribution in [-0.4, -0.2) is 57.6 Å². The number of carbonyl (C=O) groups is 2. The largest absolute Gasteiger partial charge is 0.495 e. The number of ether oxygens (including phenoxy) is 3. The topological polar surface area (TPSA) is 99.2 Å². The predicted octanol–water partition coefficient (Wildman–Crippen LogP) is 2.37. The zero-order chi connectivity index (χ0) is 20.7. The summed E-state index contributed by atoms with van der Waals surface area (Å²) < 4.78 is 42.7. The molecule has 1 heterocycles. The van der Waals surface area contributed by atoms with Crippen molar-refractivity contribution in [1.29, 1.82) is 0 Å². The van der Waals surface area contributed by atoms with Crippen molar-refractivity contribution in [3.05, 3.63) is 23.8 Å². The molecular weight excluding hydrogens is 386 g/mol. The Morgan fingerprint density at radius 3 is 2.32 bits per heavy atom. The van der Waals surface area contributed by atoms with Crippen molar-refractivity contribution >= 4 is 22.0 Å². The molecule has 0 aromatic heterocycles. The van der Waals surface area contributed by atoms with Crippen LogP contribution in [0.2, 0.25) is 0 Å². The third kappa shape index (κ3) is 5.68. The normalized spacial score (nSPS) is 15.7. The van der Waals surface area contributed by atoms with Gasteiger partial charge in [0.25, 0.3) is 0 Å². The van der Waals surface area contributed by atoms with Crippen molar-refractivity contribution in [3.8, 4) is 5.75 Å². The highest BCUT2D eigenvalue weighted by Gasteiger charge is 2.29. The highest BCUT2D eigenvalue weighted by molar-refractivity contribution is 7.89. The van der Waals surface area contributed by atoms with E-state index in [1.807, 2.05) is 0 Å². The second kappa shape index (κ2) is 9.88. The molecule has 8 nitrogen and oxygen atoms in total. The van der Waals surface area contributed by atoms with Crippen LogP contribution >= 0.6 is 0 Å². The van der Waals surface area contributed by atoms with Gasteiger partial charge in [0.2, 0.25) is 10.0 Å². The number of rotatable bonds is 7. The van der Waals surface area contributed by atoms with Crippen molar-refractivity contribution in [3.63, 3.8) is 0 Å². The van der Waals surface area contributed by atoms with Gasteiger partial charge in [0.1, 0.15) is 10.6 Å². The minimum Gasteiger partial charge on any atom is -0.495 e. The molecular formula is C19H27NO7S. The molecule has 2 rings (SSSR count). The second-order valence-electron chi connectivity index (χ2n) is 6.80. The summed E-state index contributed by atoms with van der Waals surface area (Å²) in [6, 6.07) is 4.04. The Hall–Kier alpha value is -2.13. The molecule has 156 valence electrons. The first-order chi connectivity index (χ1) is 13.3. The zero-order valence-electron chi connectivity index (χ0n) is 16.5. The molecule has 0 aliphatic carbocycles. The fourth-order valence-electron chi connectivity index (χ4n) is 2.93. The Morgan fingerprint density at radius 1 is 1.11 bits per heavy atom.